The third kappa shape index (κ3) is 5.34. The van der Waals surface area contributed by atoms with Gasteiger partial charge in [0.15, 0.2) is 0 Å². The Kier molecular flexibility index (Phi) is 7.17. The summed E-state index contributed by atoms with van der Waals surface area (Å²) in [5, 5.41) is 6.04. The second-order valence-electron chi connectivity index (χ2n) is 7.75. The van der Waals surface area contributed by atoms with Crippen molar-refractivity contribution in [1.29, 1.82) is 0 Å². The number of benzene rings is 2. The van der Waals surface area contributed by atoms with Gasteiger partial charge in [-0.3, -0.25) is 9.59 Å². The van der Waals surface area contributed by atoms with Crippen LogP contribution >= 0.6 is 22.9 Å². The molecule has 2 aromatic carbocycles. The SMILES string of the molecule is O=C(NCCc1ccccc1F)C1CCN(C(=O)c2csc(-c3cccc(Cl)c3)n2)CC1. The number of thiazole rings is 1. The average molecular weight is 472 g/mol. The van der Waals surface area contributed by atoms with Crippen LogP contribution in [0.15, 0.2) is 53.9 Å². The molecule has 0 unspecified atom stereocenters. The predicted octanol–water partition coefficient (Wildman–Crippen LogP) is 4.81. The molecular weight excluding hydrogens is 449 g/mol. The van der Waals surface area contributed by atoms with Gasteiger partial charge in [-0.25, -0.2) is 9.37 Å². The zero-order valence-electron chi connectivity index (χ0n) is 17.4. The van der Waals surface area contributed by atoms with Gasteiger partial charge in [0.2, 0.25) is 5.91 Å². The Labute approximate surface area is 195 Å². The maximum absolute atomic E-state index is 13.7. The largest absolute Gasteiger partial charge is 0.356 e. The number of amides is 2. The Morgan fingerprint density at radius 2 is 1.94 bits per heavy atom. The molecule has 0 aliphatic carbocycles. The lowest BCUT2D eigenvalue weighted by Gasteiger charge is -2.31. The summed E-state index contributed by atoms with van der Waals surface area (Å²) in [5.74, 6) is -0.551. The van der Waals surface area contributed by atoms with E-state index < -0.39 is 0 Å². The van der Waals surface area contributed by atoms with Crippen LogP contribution in [-0.2, 0) is 11.2 Å². The van der Waals surface area contributed by atoms with Crippen molar-refractivity contribution in [3.8, 4) is 10.6 Å². The summed E-state index contributed by atoms with van der Waals surface area (Å²) in [5.41, 5.74) is 1.89. The Balaban J connectivity index is 1.26. The number of rotatable bonds is 6. The monoisotopic (exact) mass is 471 g/mol. The fourth-order valence-electron chi connectivity index (χ4n) is 3.80. The fraction of sp³-hybridized carbons (Fsp3) is 0.292. The number of nitrogens with one attached hydrogen (secondary N) is 1. The van der Waals surface area contributed by atoms with Gasteiger partial charge in [0, 0.05) is 41.5 Å². The van der Waals surface area contributed by atoms with E-state index in [0.29, 0.717) is 55.2 Å². The first-order valence-corrected chi connectivity index (χ1v) is 11.8. The molecule has 1 N–H and O–H groups in total. The molecule has 1 saturated heterocycles. The summed E-state index contributed by atoms with van der Waals surface area (Å²) in [6.45, 7) is 1.41. The van der Waals surface area contributed by atoms with Gasteiger partial charge >= 0.3 is 0 Å². The number of piperidine rings is 1. The van der Waals surface area contributed by atoms with E-state index >= 15 is 0 Å². The van der Waals surface area contributed by atoms with E-state index in [-0.39, 0.29) is 23.5 Å². The predicted molar refractivity (Wildman–Crippen MR) is 124 cm³/mol. The maximum Gasteiger partial charge on any atom is 0.273 e. The molecule has 5 nitrogen and oxygen atoms in total. The third-order valence-corrected chi connectivity index (χ3v) is 6.73. The normalized spacial score (nSPS) is 14.4. The molecule has 3 aromatic rings. The Bertz CT molecular complexity index is 1110. The number of carbonyl (C=O) groups excluding carboxylic acids is 2. The lowest BCUT2D eigenvalue weighted by molar-refractivity contribution is -0.126. The van der Waals surface area contributed by atoms with Crippen LogP contribution in [-0.4, -0.2) is 41.3 Å². The first-order valence-electron chi connectivity index (χ1n) is 10.5. The van der Waals surface area contributed by atoms with Crippen LogP contribution in [0, 0.1) is 11.7 Å². The Hall–Kier alpha value is -2.77. The number of carbonyl (C=O) groups is 2. The standard InChI is InChI=1S/C24H23ClFN3O2S/c25-19-6-3-5-18(14-19)23-28-21(15-32-23)24(31)29-12-9-17(10-13-29)22(30)27-11-8-16-4-1-2-7-20(16)26/h1-7,14-15,17H,8-13H2,(H,27,30). The molecule has 0 saturated carbocycles. The first kappa shape index (κ1) is 22.4. The van der Waals surface area contributed by atoms with Crippen LogP contribution in [0.2, 0.25) is 5.02 Å². The summed E-state index contributed by atoms with van der Waals surface area (Å²) >= 11 is 7.46. The van der Waals surface area contributed by atoms with Crippen LogP contribution in [0.5, 0.6) is 0 Å². The van der Waals surface area contributed by atoms with Crippen LogP contribution in [0.1, 0.15) is 28.9 Å². The molecule has 166 valence electrons. The number of aromatic nitrogens is 1. The van der Waals surface area contributed by atoms with Crippen molar-refractivity contribution in [2.75, 3.05) is 19.6 Å². The van der Waals surface area contributed by atoms with Gasteiger partial charge in [-0.05, 0) is 43.0 Å². The number of hydrogen-bond donors (Lipinski definition) is 1. The van der Waals surface area contributed by atoms with E-state index in [1.807, 2.05) is 18.2 Å². The van der Waals surface area contributed by atoms with Crippen LogP contribution in [0.25, 0.3) is 10.6 Å². The second-order valence-corrected chi connectivity index (χ2v) is 9.04. The van der Waals surface area contributed by atoms with Crippen molar-refractivity contribution < 1.29 is 14.0 Å². The summed E-state index contributed by atoms with van der Waals surface area (Å²) < 4.78 is 13.7. The smallest absolute Gasteiger partial charge is 0.273 e. The quantitative estimate of drug-likeness (QED) is 0.561. The van der Waals surface area contributed by atoms with Gasteiger partial charge in [-0.1, -0.05) is 41.9 Å². The summed E-state index contributed by atoms with van der Waals surface area (Å²) in [6.07, 6.45) is 1.65. The summed E-state index contributed by atoms with van der Waals surface area (Å²) in [6, 6.07) is 14.0. The highest BCUT2D eigenvalue weighted by Crippen LogP contribution is 2.27. The van der Waals surface area contributed by atoms with Crippen molar-refractivity contribution in [1.82, 2.24) is 15.2 Å². The minimum absolute atomic E-state index is 0.0367. The third-order valence-electron chi connectivity index (χ3n) is 5.60. The number of halogens is 2. The average Bonchev–Trinajstić information content (AvgIpc) is 3.30. The summed E-state index contributed by atoms with van der Waals surface area (Å²) in [7, 11) is 0. The molecule has 1 aromatic heterocycles. The van der Waals surface area contributed by atoms with Gasteiger partial charge in [-0.15, -0.1) is 11.3 Å². The van der Waals surface area contributed by atoms with Crippen molar-refractivity contribution in [2.45, 2.75) is 19.3 Å². The highest BCUT2D eigenvalue weighted by atomic mass is 35.5. The van der Waals surface area contributed by atoms with E-state index in [2.05, 4.69) is 10.3 Å². The van der Waals surface area contributed by atoms with Crippen molar-refractivity contribution >= 4 is 34.8 Å². The minimum Gasteiger partial charge on any atom is -0.356 e. The highest BCUT2D eigenvalue weighted by Gasteiger charge is 2.28. The molecule has 1 aliphatic heterocycles. The van der Waals surface area contributed by atoms with Crippen molar-refractivity contribution in [3.05, 3.63) is 76.0 Å². The van der Waals surface area contributed by atoms with E-state index in [9.17, 15) is 14.0 Å². The van der Waals surface area contributed by atoms with Gasteiger partial charge in [0.1, 0.15) is 16.5 Å². The molecule has 0 radical (unpaired) electrons. The molecule has 8 heteroatoms. The van der Waals surface area contributed by atoms with Gasteiger partial charge in [-0.2, -0.15) is 0 Å². The molecule has 32 heavy (non-hydrogen) atoms. The zero-order chi connectivity index (χ0) is 22.5. The zero-order valence-corrected chi connectivity index (χ0v) is 19.0. The van der Waals surface area contributed by atoms with Crippen LogP contribution in [0.3, 0.4) is 0 Å². The van der Waals surface area contributed by atoms with E-state index in [4.69, 9.17) is 11.6 Å². The van der Waals surface area contributed by atoms with E-state index in [1.165, 1.54) is 17.4 Å². The van der Waals surface area contributed by atoms with E-state index in [1.54, 1.807) is 34.5 Å². The van der Waals surface area contributed by atoms with E-state index in [0.717, 1.165) is 10.6 Å². The molecule has 1 aliphatic rings. The topological polar surface area (TPSA) is 62.3 Å². The Morgan fingerprint density at radius 3 is 2.69 bits per heavy atom. The first-order chi connectivity index (χ1) is 15.5. The lowest BCUT2D eigenvalue weighted by Crippen LogP contribution is -2.43. The lowest BCUT2D eigenvalue weighted by atomic mass is 9.95. The van der Waals surface area contributed by atoms with Gasteiger partial charge in [0.25, 0.3) is 5.91 Å². The molecule has 0 spiro atoms. The second kappa shape index (κ2) is 10.2. The maximum atomic E-state index is 13.7. The van der Waals surface area contributed by atoms with Crippen LogP contribution < -0.4 is 5.32 Å². The number of nitrogens with zero attached hydrogens (tertiary/aromatic N) is 2. The molecule has 1 fully saturated rings. The highest BCUT2D eigenvalue weighted by molar-refractivity contribution is 7.13. The number of hydrogen-bond acceptors (Lipinski definition) is 4. The van der Waals surface area contributed by atoms with Crippen molar-refractivity contribution in [3.63, 3.8) is 0 Å². The Morgan fingerprint density at radius 1 is 1.16 bits per heavy atom. The summed E-state index contributed by atoms with van der Waals surface area (Å²) in [4.78, 5) is 31.6. The molecule has 2 heterocycles. The molecule has 4 rings (SSSR count). The number of likely N-dealkylation sites (tertiary alicyclic amines) is 1. The minimum atomic E-state index is -0.255. The molecule has 0 atom stereocenters. The fourth-order valence-corrected chi connectivity index (χ4v) is 4.78. The molecule has 0 bridgehead atoms. The van der Waals surface area contributed by atoms with Gasteiger partial charge < -0.3 is 10.2 Å². The van der Waals surface area contributed by atoms with Crippen molar-refractivity contribution in [2.24, 2.45) is 5.92 Å². The molecular formula is C24H23ClFN3O2S. The van der Waals surface area contributed by atoms with Gasteiger partial charge in [0.05, 0.1) is 0 Å². The molecule has 2 amide bonds. The van der Waals surface area contributed by atoms with Crippen LogP contribution in [0.4, 0.5) is 4.39 Å².